The number of benzene rings is 1. The molecule has 0 saturated carbocycles. The van der Waals surface area contributed by atoms with Crippen molar-refractivity contribution in [1.82, 2.24) is 9.80 Å². The molecule has 1 saturated heterocycles. The van der Waals surface area contributed by atoms with Crippen LogP contribution < -0.4 is 0 Å². The minimum Gasteiger partial charge on any atom is -0.301 e. The van der Waals surface area contributed by atoms with Gasteiger partial charge in [0.1, 0.15) is 0 Å². The Labute approximate surface area is 118 Å². The quantitative estimate of drug-likeness (QED) is 0.824. The molecule has 1 heterocycles. The highest BCUT2D eigenvalue weighted by atomic mass is 15.3. The van der Waals surface area contributed by atoms with Gasteiger partial charge in [-0.25, -0.2) is 0 Å². The lowest BCUT2D eigenvalue weighted by Gasteiger charge is -2.34. The van der Waals surface area contributed by atoms with Gasteiger partial charge in [-0.1, -0.05) is 52.0 Å². The van der Waals surface area contributed by atoms with Gasteiger partial charge >= 0.3 is 0 Å². The first-order valence-electron chi connectivity index (χ1n) is 7.53. The Hall–Kier alpha value is -0.860. The Kier molecular flexibility index (Phi) is 4.64. The molecule has 1 aromatic rings. The van der Waals surface area contributed by atoms with E-state index in [0.29, 0.717) is 0 Å². The van der Waals surface area contributed by atoms with Gasteiger partial charge in [0.05, 0.1) is 0 Å². The Morgan fingerprint density at radius 1 is 1.00 bits per heavy atom. The molecule has 19 heavy (non-hydrogen) atoms. The van der Waals surface area contributed by atoms with Gasteiger partial charge in [0.2, 0.25) is 0 Å². The van der Waals surface area contributed by atoms with Gasteiger partial charge in [-0.3, -0.25) is 4.90 Å². The maximum Gasteiger partial charge on any atom is 0.0234 e. The maximum atomic E-state index is 2.58. The highest BCUT2D eigenvalue weighted by Crippen LogP contribution is 2.23. The SMILES string of the molecule is CCN1CCN(Cc2cccc(C(C)(C)C)c2)CC1. The first kappa shape index (κ1) is 14.5. The van der Waals surface area contributed by atoms with Crippen molar-refractivity contribution in [3.05, 3.63) is 35.4 Å². The topological polar surface area (TPSA) is 6.48 Å². The Balaban J connectivity index is 1.97. The molecular formula is C17H28N2. The lowest BCUT2D eigenvalue weighted by molar-refractivity contribution is 0.132. The molecule has 0 N–H and O–H groups in total. The smallest absolute Gasteiger partial charge is 0.0234 e. The fraction of sp³-hybridized carbons (Fsp3) is 0.647. The monoisotopic (exact) mass is 260 g/mol. The molecule has 0 unspecified atom stereocenters. The Morgan fingerprint density at radius 2 is 1.63 bits per heavy atom. The molecule has 106 valence electrons. The third-order valence-corrected chi connectivity index (χ3v) is 4.11. The zero-order chi connectivity index (χ0) is 13.9. The molecule has 0 aromatic heterocycles. The van der Waals surface area contributed by atoms with Crippen LogP contribution in [0.3, 0.4) is 0 Å². The van der Waals surface area contributed by atoms with Gasteiger partial charge in [0.25, 0.3) is 0 Å². The zero-order valence-electron chi connectivity index (χ0n) is 12.9. The second-order valence-corrected chi connectivity index (χ2v) is 6.66. The molecule has 0 bridgehead atoms. The van der Waals surface area contributed by atoms with E-state index in [-0.39, 0.29) is 5.41 Å². The molecule has 2 rings (SSSR count). The summed E-state index contributed by atoms with van der Waals surface area (Å²) in [6.45, 7) is 16.2. The minimum atomic E-state index is 0.247. The van der Waals surface area contributed by atoms with Gasteiger partial charge in [-0.2, -0.15) is 0 Å². The zero-order valence-corrected chi connectivity index (χ0v) is 12.9. The first-order valence-corrected chi connectivity index (χ1v) is 7.53. The lowest BCUT2D eigenvalue weighted by atomic mass is 9.86. The van der Waals surface area contributed by atoms with Crippen molar-refractivity contribution in [3.8, 4) is 0 Å². The van der Waals surface area contributed by atoms with E-state index in [1.807, 2.05) is 0 Å². The summed E-state index contributed by atoms with van der Waals surface area (Å²) in [5.41, 5.74) is 3.14. The third-order valence-electron chi connectivity index (χ3n) is 4.11. The first-order chi connectivity index (χ1) is 8.99. The van der Waals surface area contributed by atoms with Gasteiger partial charge in [0.15, 0.2) is 0 Å². The summed E-state index contributed by atoms with van der Waals surface area (Å²) < 4.78 is 0. The predicted molar refractivity (Wildman–Crippen MR) is 82.5 cm³/mol. The van der Waals surface area contributed by atoms with Crippen molar-refractivity contribution < 1.29 is 0 Å². The van der Waals surface area contributed by atoms with E-state index < -0.39 is 0 Å². The Morgan fingerprint density at radius 3 is 2.21 bits per heavy atom. The number of rotatable bonds is 3. The summed E-state index contributed by atoms with van der Waals surface area (Å²) in [7, 11) is 0. The number of likely N-dealkylation sites (N-methyl/N-ethyl adjacent to an activating group) is 1. The average Bonchev–Trinajstić information content (AvgIpc) is 2.39. The summed E-state index contributed by atoms with van der Waals surface area (Å²) in [4.78, 5) is 5.11. The van der Waals surface area contributed by atoms with Crippen molar-refractivity contribution in [2.24, 2.45) is 0 Å². The van der Waals surface area contributed by atoms with Crippen LogP contribution in [0.25, 0.3) is 0 Å². The van der Waals surface area contributed by atoms with E-state index in [4.69, 9.17) is 0 Å². The molecule has 2 heteroatoms. The predicted octanol–water partition coefficient (Wildman–Crippen LogP) is 3.12. The van der Waals surface area contributed by atoms with Crippen molar-refractivity contribution >= 4 is 0 Å². The minimum absolute atomic E-state index is 0.247. The second kappa shape index (κ2) is 6.06. The molecule has 1 aromatic carbocycles. The van der Waals surface area contributed by atoms with Crippen LogP contribution in [0.2, 0.25) is 0 Å². The standard InChI is InChI=1S/C17H28N2/c1-5-18-9-11-19(12-10-18)14-15-7-6-8-16(13-15)17(2,3)4/h6-8,13H,5,9-12,14H2,1-4H3. The van der Waals surface area contributed by atoms with Crippen molar-refractivity contribution in [3.63, 3.8) is 0 Å². The van der Waals surface area contributed by atoms with Gasteiger partial charge in [-0.05, 0) is 23.1 Å². The summed E-state index contributed by atoms with van der Waals surface area (Å²) in [5, 5.41) is 0. The van der Waals surface area contributed by atoms with Crippen molar-refractivity contribution in [2.45, 2.75) is 39.7 Å². The van der Waals surface area contributed by atoms with Gasteiger partial charge < -0.3 is 4.90 Å². The molecule has 1 aliphatic rings. The van der Waals surface area contributed by atoms with Crippen LogP contribution >= 0.6 is 0 Å². The second-order valence-electron chi connectivity index (χ2n) is 6.66. The molecule has 0 aliphatic carbocycles. The fourth-order valence-corrected chi connectivity index (χ4v) is 2.66. The molecular weight excluding hydrogens is 232 g/mol. The third kappa shape index (κ3) is 4.05. The van der Waals surface area contributed by atoms with Gasteiger partial charge in [-0.15, -0.1) is 0 Å². The molecule has 0 atom stereocenters. The van der Waals surface area contributed by atoms with Crippen LogP contribution in [0.1, 0.15) is 38.8 Å². The number of piperazine rings is 1. The largest absolute Gasteiger partial charge is 0.301 e. The number of nitrogens with zero attached hydrogens (tertiary/aromatic N) is 2. The van der Waals surface area contributed by atoms with Crippen molar-refractivity contribution in [1.29, 1.82) is 0 Å². The van der Waals surface area contributed by atoms with E-state index in [0.717, 1.165) is 6.54 Å². The molecule has 2 nitrogen and oxygen atoms in total. The van der Waals surface area contributed by atoms with Gasteiger partial charge in [0, 0.05) is 32.7 Å². The Bertz CT molecular complexity index is 398. The van der Waals surface area contributed by atoms with Crippen molar-refractivity contribution in [2.75, 3.05) is 32.7 Å². The van der Waals surface area contributed by atoms with Crippen LogP contribution in [0.5, 0.6) is 0 Å². The highest BCUT2D eigenvalue weighted by Gasteiger charge is 2.17. The summed E-state index contributed by atoms with van der Waals surface area (Å²) in [6.07, 6.45) is 0. The van der Waals surface area contributed by atoms with Crippen LogP contribution in [-0.4, -0.2) is 42.5 Å². The normalized spacial score (nSPS) is 18.7. The van der Waals surface area contributed by atoms with E-state index in [2.05, 4.69) is 61.8 Å². The summed E-state index contributed by atoms with van der Waals surface area (Å²) in [5.74, 6) is 0. The van der Waals surface area contributed by atoms with Crippen LogP contribution in [-0.2, 0) is 12.0 Å². The maximum absolute atomic E-state index is 2.58. The lowest BCUT2D eigenvalue weighted by Crippen LogP contribution is -2.45. The number of hydrogen-bond acceptors (Lipinski definition) is 2. The van der Waals surface area contributed by atoms with E-state index >= 15 is 0 Å². The van der Waals surface area contributed by atoms with Crippen LogP contribution in [0.4, 0.5) is 0 Å². The molecule has 1 aliphatic heterocycles. The molecule has 1 fully saturated rings. The van der Waals surface area contributed by atoms with E-state index in [9.17, 15) is 0 Å². The number of hydrogen-bond donors (Lipinski definition) is 0. The molecule has 0 amide bonds. The molecule has 0 radical (unpaired) electrons. The fourth-order valence-electron chi connectivity index (χ4n) is 2.66. The summed E-state index contributed by atoms with van der Waals surface area (Å²) >= 11 is 0. The van der Waals surface area contributed by atoms with E-state index in [1.165, 1.54) is 43.9 Å². The van der Waals surface area contributed by atoms with Crippen LogP contribution in [0.15, 0.2) is 24.3 Å². The summed E-state index contributed by atoms with van der Waals surface area (Å²) in [6, 6.07) is 9.10. The highest BCUT2D eigenvalue weighted by molar-refractivity contribution is 5.28. The molecule has 0 spiro atoms. The van der Waals surface area contributed by atoms with Crippen LogP contribution in [0, 0.1) is 0 Å². The average molecular weight is 260 g/mol. The van der Waals surface area contributed by atoms with E-state index in [1.54, 1.807) is 0 Å².